The summed E-state index contributed by atoms with van der Waals surface area (Å²) in [5, 5.41) is 16.3. The minimum Gasteiger partial charge on any atom is -0.361 e. The molecule has 0 amide bonds. The fraction of sp³-hybridized carbons (Fsp3) is 0.136. The van der Waals surface area contributed by atoms with Crippen molar-refractivity contribution >= 4 is 45.1 Å². The fourth-order valence-corrected chi connectivity index (χ4v) is 3.67. The molecule has 0 atom stereocenters. The second-order valence-corrected chi connectivity index (χ2v) is 7.39. The van der Waals surface area contributed by atoms with E-state index in [1.807, 2.05) is 54.7 Å². The zero-order valence-electron chi connectivity index (χ0n) is 15.6. The van der Waals surface area contributed by atoms with Gasteiger partial charge in [-0.25, -0.2) is 4.98 Å². The van der Waals surface area contributed by atoms with Crippen LogP contribution >= 0.6 is 0 Å². The third kappa shape index (κ3) is 2.97. The number of nitrogens with one attached hydrogen (secondary N) is 4. The van der Waals surface area contributed by atoms with Crippen molar-refractivity contribution in [3.05, 3.63) is 66.5 Å². The topological polar surface area (TPSA) is 94.3 Å². The molecule has 29 heavy (non-hydrogen) atoms. The van der Waals surface area contributed by atoms with Crippen LogP contribution in [0.3, 0.4) is 0 Å². The number of rotatable bonds is 5. The molecule has 0 radical (unpaired) electrons. The average molecular weight is 381 g/mol. The standard InChI is InChI=1S/C22H19N7/c1-2-5-18-15(4-1)21(26-20-12-19(28-29-20)13-8-9-13)27-22(25-18)24-17-7-3-6-16-14(17)10-11-23-16/h1-7,10-13,23H,8-9H2,(H3,24,25,26,27,28,29). The van der Waals surface area contributed by atoms with Crippen LogP contribution in [0.25, 0.3) is 21.8 Å². The Morgan fingerprint density at radius 1 is 0.897 bits per heavy atom. The molecular weight excluding hydrogens is 362 g/mol. The summed E-state index contributed by atoms with van der Waals surface area (Å²) < 4.78 is 0. The second-order valence-electron chi connectivity index (χ2n) is 7.39. The molecule has 0 spiro atoms. The van der Waals surface area contributed by atoms with Gasteiger partial charge in [0.1, 0.15) is 5.82 Å². The smallest absolute Gasteiger partial charge is 0.229 e. The van der Waals surface area contributed by atoms with Crippen LogP contribution in [0.15, 0.2) is 60.8 Å². The maximum absolute atomic E-state index is 4.75. The molecule has 1 fully saturated rings. The van der Waals surface area contributed by atoms with Crippen molar-refractivity contribution in [3.8, 4) is 0 Å². The molecule has 3 heterocycles. The molecule has 142 valence electrons. The van der Waals surface area contributed by atoms with Crippen molar-refractivity contribution in [1.29, 1.82) is 0 Å². The quantitative estimate of drug-likeness (QED) is 0.336. The van der Waals surface area contributed by atoms with Gasteiger partial charge in [-0.1, -0.05) is 18.2 Å². The number of anilines is 4. The maximum Gasteiger partial charge on any atom is 0.229 e. The molecule has 0 bridgehead atoms. The lowest BCUT2D eigenvalue weighted by atomic mass is 10.2. The highest BCUT2D eigenvalue weighted by Gasteiger charge is 2.25. The van der Waals surface area contributed by atoms with Crippen molar-refractivity contribution in [2.24, 2.45) is 0 Å². The largest absolute Gasteiger partial charge is 0.361 e. The summed E-state index contributed by atoms with van der Waals surface area (Å²) in [6.07, 6.45) is 4.40. The second kappa shape index (κ2) is 6.34. The van der Waals surface area contributed by atoms with Crippen LogP contribution in [0, 0.1) is 0 Å². The van der Waals surface area contributed by atoms with Gasteiger partial charge in [0.15, 0.2) is 5.82 Å². The molecule has 0 unspecified atom stereocenters. The van der Waals surface area contributed by atoms with Crippen LogP contribution in [-0.4, -0.2) is 25.1 Å². The number of H-pyrrole nitrogens is 2. The van der Waals surface area contributed by atoms with Gasteiger partial charge in [-0.15, -0.1) is 0 Å². The SMILES string of the molecule is c1ccc2c(Nc3cc(C4CC4)[nH]n3)nc(Nc3cccc4[nH]ccc34)nc2c1. The summed E-state index contributed by atoms with van der Waals surface area (Å²) >= 11 is 0. The number of para-hydroxylation sites is 1. The van der Waals surface area contributed by atoms with Gasteiger partial charge in [0.25, 0.3) is 0 Å². The Hall–Kier alpha value is -3.87. The molecule has 6 rings (SSSR count). The molecular formula is C22H19N7. The highest BCUT2D eigenvalue weighted by atomic mass is 15.2. The Bertz CT molecular complexity index is 1330. The zero-order chi connectivity index (χ0) is 19.2. The number of hydrogen-bond donors (Lipinski definition) is 4. The van der Waals surface area contributed by atoms with Crippen LogP contribution in [0.4, 0.5) is 23.3 Å². The van der Waals surface area contributed by atoms with E-state index in [0.717, 1.165) is 39.1 Å². The molecule has 1 saturated carbocycles. The van der Waals surface area contributed by atoms with Crippen LogP contribution in [-0.2, 0) is 0 Å². The summed E-state index contributed by atoms with van der Waals surface area (Å²) in [7, 11) is 0. The molecule has 1 aliphatic rings. The van der Waals surface area contributed by atoms with Crippen molar-refractivity contribution < 1.29 is 0 Å². The monoisotopic (exact) mass is 381 g/mol. The predicted octanol–water partition coefficient (Wildman–Crippen LogP) is 5.20. The minimum absolute atomic E-state index is 0.540. The van der Waals surface area contributed by atoms with E-state index in [1.54, 1.807) is 0 Å². The summed E-state index contributed by atoms with van der Waals surface area (Å²) in [6.45, 7) is 0. The third-order valence-electron chi connectivity index (χ3n) is 5.31. The lowest BCUT2D eigenvalue weighted by Gasteiger charge is -2.11. The fourth-order valence-electron chi connectivity index (χ4n) is 3.67. The van der Waals surface area contributed by atoms with Gasteiger partial charge in [0, 0.05) is 40.2 Å². The first-order valence-corrected chi connectivity index (χ1v) is 9.76. The number of nitrogens with zero attached hydrogens (tertiary/aromatic N) is 3. The van der Waals surface area contributed by atoms with Gasteiger partial charge in [-0.2, -0.15) is 10.1 Å². The average Bonchev–Trinajstić information content (AvgIpc) is 3.28. The Labute approximate surface area is 166 Å². The van der Waals surface area contributed by atoms with Gasteiger partial charge >= 0.3 is 0 Å². The van der Waals surface area contributed by atoms with E-state index in [-0.39, 0.29) is 0 Å². The normalized spacial score (nSPS) is 13.8. The van der Waals surface area contributed by atoms with Crippen LogP contribution in [0.2, 0.25) is 0 Å². The lowest BCUT2D eigenvalue weighted by Crippen LogP contribution is -2.02. The van der Waals surface area contributed by atoms with E-state index >= 15 is 0 Å². The number of aromatic amines is 2. The Kier molecular flexibility index (Phi) is 3.52. The van der Waals surface area contributed by atoms with Crippen molar-refractivity contribution in [2.75, 3.05) is 10.6 Å². The predicted molar refractivity (Wildman–Crippen MR) is 115 cm³/mol. The summed E-state index contributed by atoms with van der Waals surface area (Å²) in [6, 6.07) is 18.2. The van der Waals surface area contributed by atoms with Crippen LogP contribution in [0.5, 0.6) is 0 Å². The van der Waals surface area contributed by atoms with E-state index in [2.05, 4.69) is 31.9 Å². The summed E-state index contributed by atoms with van der Waals surface area (Å²) in [5.74, 6) is 2.67. The molecule has 2 aromatic carbocycles. The summed E-state index contributed by atoms with van der Waals surface area (Å²) in [5.41, 5.74) is 4.08. The van der Waals surface area contributed by atoms with Crippen molar-refractivity contribution in [3.63, 3.8) is 0 Å². The van der Waals surface area contributed by atoms with E-state index in [1.165, 1.54) is 18.5 Å². The molecule has 0 saturated heterocycles. The first-order chi connectivity index (χ1) is 14.3. The number of benzene rings is 2. The van der Waals surface area contributed by atoms with Gasteiger partial charge in [0.2, 0.25) is 5.95 Å². The molecule has 7 heteroatoms. The molecule has 0 aliphatic heterocycles. The maximum atomic E-state index is 4.75. The lowest BCUT2D eigenvalue weighted by molar-refractivity contribution is 0.966. The van der Waals surface area contributed by atoms with Gasteiger partial charge in [-0.05, 0) is 43.2 Å². The van der Waals surface area contributed by atoms with Crippen LogP contribution < -0.4 is 10.6 Å². The van der Waals surface area contributed by atoms with Gasteiger partial charge in [0.05, 0.1) is 11.2 Å². The highest BCUT2D eigenvalue weighted by Crippen LogP contribution is 2.40. The van der Waals surface area contributed by atoms with E-state index in [0.29, 0.717) is 11.9 Å². The first-order valence-electron chi connectivity index (χ1n) is 9.76. The Balaban J connectivity index is 1.40. The Morgan fingerprint density at radius 2 is 1.83 bits per heavy atom. The molecule has 4 N–H and O–H groups in total. The zero-order valence-corrected chi connectivity index (χ0v) is 15.6. The minimum atomic E-state index is 0.540. The van der Waals surface area contributed by atoms with Crippen molar-refractivity contribution in [2.45, 2.75) is 18.8 Å². The number of hydrogen-bond acceptors (Lipinski definition) is 5. The van der Waals surface area contributed by atoms with E-state index in [9.17, 15) is 0 Å². The van der Waals surface area contributed by atoms with E-state index < -0.39 is 0 Å². The number of fused-ring (bicyclic) bond motifs is 2. The third-order valence-corrected chi connectivity index (χ3v) is 5.31. The van der Waals surface area contributed by atoms with Crippen molar-refractivity contribution in [1.82, 2.24) is 25.1 Å². The molecule has 5 aromatic rings. The van der Waals surface area contributed by atoms with Gasteiger partial charge in [-0.3, -0.25) is 5.10 Å². The molecule has 1 aliphatic carbocycles. The van der Waals surface area contributed by atoms with E-state index in [4.69, 9.17) is 9.97 Å². The molecule has 7 nitrogen and oxygen atoms in total. The van der Waals surface area contributed by atoms with Gasteiger partial charge < -0.3 is 15.6 Å². The van der Waals surface area contributed by atoms with Crippen LogP contribution in [0.1, 0.15) is 24.5 Å². The highest BCUT2D eigenvalue weighted by molar-refractivity contribution is 5.95. The summed E-state index contributed by atoms with van der Waals surface area (Å²) in [4.78, 5) is 12.7. The molecule has 3 aromatic heterocycles. The number of aromatic nitrogens is 5. The Morgan fingerprint density at radius 3 is 2.76 bits per heavy atom. The first kappa shape index (κ1) is 16.1.